The lowest BCUT2D eigenvalue weighted by atomic mass is 9.78. The van der Waals surface area contributed by atoms with E-state index in [4.69, 9.17) is 14.2 Å². The van der Waals surface area contributed by atoms with Crippen LogP contribution in [-0.4, -0.2) is 37.9 Å². The molecule has 3 aliphatic rings. The van der Waals surface area contributed by atoms with Gasteiger partial charge >= 0.3 is 5.97 Å². The first-order chi connectivity index (χ1) is 16.5. The van der Waals surface area contributed by atoms with Gasteiger partial charge in [0.1, 0.15) is 0 Å². The van der Waals surface area contributed by atoms with Crippen molar-refractivity contribution in [1.29, 1.82) is 0 Å². The monoisotopic (exact) mass is 470 g/mol. The minimum absolute atomic E-state index is 0.0722. The van der Waals surface area contributed by atoms with Crippen LogP contribution >= 0.6 is 0 Å². The van der Waals surface area contributed by atoms with Gasteiger partial charge in [-0.25, -0.2) is 0 Å². The highest BCUT2D eigenvalue weighted by Gasteiger charge is 2.44. The first kappa shape index (κ1) is 26.7. The minimum atomic E-state index is -0.138. The number of ketones is 1. The Labute approximate surface area is 205 Å². The zero-order chi connectivity index (χ0) is 24.3. The topological polar surface area (TPSA) is 61.8 Å². The fourth-order valence-electron chi connectivity index (χ4n) is 5.52. The Kier molecular flexibility index (Phi) is 10.9. The Morgan fingerprint density at radius 1 is 1.26 bits per heavy atom. The zero-order valence-corrected chi connectivity index (χ0v) is 21.2. The molecule has 0 radical (unpaired) electrons. The second kappa shape index (κ2) is 13.9. The molecule has 0 aromatic heterocycles. The molecule has 1 aliphatic heterocycles. The lowest BCUT2D eigenvalue weighted by Crippen LogP contribution is -2.31. The zero-order valence-electron chi connectivity index (χ0n) is 21.2. The van der Waals surface area contributed by atoms with Crippen LogP contribution in [0.4, 0.5) is 0 Å². The largest absolute Gasteiger partial charge is 0.469 e. The summed E-state index contributed by atoms with van der Waals surface area (Å²) in [6, 6.07) is 0. The molecule has 0 N–H and O–H groups in total. The van der Waals surface area contributed by atoms with Crippen LogP contribution in [0.5, 0.6) is 0 Å². The number of methoxy groups -OCH3 is 1. The van der Waals surface area contributed by atoms with Crippen LogP contribution in [0.3, 0.4) is 0 Å². The van der Waals surface area contributed by atoms with Gasteiger partial charge in [0.15, 0.2) is 12.1 Å². The maximum Gasteiger partial charge on any atom is 0.305 e. The Balaban J connectivity index is 1.66. The van der Waals surface area contributed by atoms with E-state index in [-0.39, 0.29) is 36.0 Å². The van der Waals surface area contributed by atoms with Gasteiger partial charge in [0.25, 0.3) is 0 Å². The standard InChI is InChI=1S/C29H42O5/c1-4-5-6-10-21(2)26(30)17-16-25-24-15-14-22(11-9-12-28(31)32-3)19-23(24)20-27(25)34-29-13-7-8-18-33-29/h16-17,19,21,23-25,27,29H,4,7-15,18,20H2,1-3H3/t21?,23-,24+,25+,27+,29?/m1/s1. The van der Waals surface area contributed by atoms with Crippen molar-refractivity contribution in [2.24, 2.45) is 23.7 Å². The molecule has 2 fully saturated rings. The van der Waals surface area contributed by atoms with Crippen LogP contribution < -0.4 is 0 Å². The molecular weight excluding hydrogens is 428 g/mol. The van der Waals surface area contributed by atoms with Gasteiger partial charge in [0, 0.05) is 37.7 Å². The third-order valence-electron chi connectivity index (χ3n) is 7.48. The number of carbonyl (C=O) groups is 2. The third kappa shape index (κ3) is 7.82. The van der Waals surface area contributed by atoms with Crippen molar-refractivity contribution in [3.05, 3.63) is 23.8 Å². The summed E-state index contributed by atoms with van der Waals surface area (Å²) in [5.74, 6) is 7.25. The number of fused-ring (bicyclic) bond motifs is 1. The lowest BCUT2D eigenvalue weighted by Gasteiger charge is -2.30. The van der Waals surface area contributed by atoms with E-state index in [1.165, 1.54) is 12.7 Å². The van der Waals surface area contributed by atoms with Crippen LogP contribution in [-0.2, 0) is 23.8 Å². The summed E-state index contributed by atoms with van der Waals surface area (Å²) in [5.41, 5.74) is 1.45. The maximum atomic E-state index is 12.7. The van der Waals surface area contributed by atoms with Crippen LogP contribution in [0.25, 0.3) is 0 Å². The van der Waals surface area contributed by atoms with E-state index < -0.39 is 0 Å². The molecule has 2 unspecified atom stereocenters. The second-order valence-electron chi connectivity index (χ2n) is 9.98. The Bertz CT molecular complexity index is 795. The van der Waals surface area contributed by atoms with Crippen LogP contribution in [0.1, 0.15) is 84.5 Å². The summed E-state index contributed by atoms with van der Waals surface area (Å²) in [4.78, 5) is 24.2. The van der Waals surface area contributed by atoms with Gasteiger partial charge < -0.3 is 14.2 Å². The first-order valence-electron chi connectivity index (χ1n) is 13.2. The van der Waals surface area contributed by atoms with Crippen molar-refractivity contribution in [1.82, 2.24) is 0 Å². The summed E-state index contributed by atoms with van der Waals surface area (Å²) < 4.78 is 17.1. The van der Waals surface area contributed by atoms with Crippen LogP contribution in [0, 0.1) is 35.5 Å². The highest BCUT2D eigenvalue weighted by Crippen LogP contribution is 2.48. The third-order valence-corrected chi connectivity index (χ3v) is 7.48. The molecule has 1 saturated heterocycles. The molecule has 3 rings (SSSR count). The van der Waals surface area contributed by atoms with Crippen molar-refractivity contribution in [2.75, 3.05) is 13.7 Å². The van der Waals surface area contributed by atoms with E-state index in [1.807, 2.05) is 13.8 Å². The predicted octanol–water partition coefficient (Wildman–Crippen LogP) is 5.78. The molecule has 5 heteroatoms. The number of carbonyl (C=O) groups excluding carboxylic acids is 2. The van der Waals surface area contributed by atoms with Gasteiger partial charge in [-0.2, -0.15) is 0 Å². The normalized spacial score (nSPS) is 29.6. The number of hydrogen-bond donors (Lipinski definition) is 0. The van der Waals surface area contributed by atoms with Gasteiger partial charge in [-0.1, -0.05) is 31.6 Å². The predicted molar refractivity (Wildman–Crippen MR) is 133 cm³/mol. The molecule has 188 valence electrons. The summed E-state index contributed by atoms with van der Waals surface area (Å²) in [5, 5.41) is 0. The minimum Gasteiger partial charge on any atom is -0.469 e. The van der Waals surface area contributed by atoms with Crippen molar-refractivity contribution in [3.8, 4) is 11.8 Å². The lowest BCUT2D eigenvalue weighted by molar-refractivity contribution is -0.192. The van der Waals surface area contributed by atoms with Crippen molar-refractivity contribution in [3.63, 3.8) is 0 Å². The fourth-order valence-corrected chi connectivity index (χ4v) is 5.52. The number of ether oxygens (including phenoxy) is 3. The average Bonchev–Trinajstić information content (AvgIpc) is 3.19. The van der Waals surface area contributed by atoms with Gasteiger partial charge in [-0.05, 0) is 69.3 Å². The van der Waals surface area contributed by atoms with E-state index >= 15 is 0 Å². The van der Waals surface area contributed by atoms with Crippen molar-refractivity contribution in [2.45, 2.75) is 96.9 Å². The molecule has 5 nitrogen and oxygen atoms in total. The summed E-state index contributed by atoms with van der Waals surface area (Å²) in [6.45, 7) is 4.75. The van der Waals surface area contributed by atoms with Crippen LogP contribution in [0.15, 0.2) is 23.8 Å². The molecular formula is C29H42O5. The first-order valence-corrected chi connectivity index (χ1v) is 13.2. The molecule has 6 atom stereocenters. The molecule has 0 aromatic rings. The Morgan fingerprint density at radius 2 is 2.12 bits per heavy atom. The van der Waals surface area contributed by atoms with Gasteiger partial charge in [-0.3, -0.25) is 9.59 Å². The molecule has 0 amide bonds. The molecule has 1 heterocycles. The van der Waals surface area contributed by atoms with E-state index in [1.54, 1.807) is 6.08 Å². The molecule has 0 spiro atoms. The van der Waals surface area contributed by atoms with E-state index in [2.05, 4.69) is 24.0 Å². The molecule has 34 heavy (non-hydrogen) atoms. The molecule has 0 aromatic carbocycles. The molecule has 2 aliphatic carbocycles. The number of allylic oxidation sites excluding steroid dienone is 3. The highest BCUT2D eigenvalue weighted by atomic mass is 16.7. The maximum absolute atomic E-state index is 12.7. The summed E-state index contributed by atoms with van der Waals surface area (Å²) in [6.07, 6.45) is 16.3. The number of esters is 1. The Morgan fingerprint density at radius 3 is 2.85 bits per heavy atom. The highest BCUT2D eigenvalue weighted by molar-refractivity contribution is 5.91. The van der Waals surface area contributed by atoms with E-state index in [9.17, 15) is 9.59 Å². The summed E-state index contributed by atoms with van der Waals surface area (Å²) >= 11 is 0. The molecule has 0 bridgehead atoms. The van der Waals surface area contributed by atoms with Crippen molar-refractivity contribution < 1.29 is 23.8 Å². The fraction of sp³-hybridized carbons (Fsp3) is 0.724. The van der Waals surface area contributed by atoms with E-state index in [0.29, 0.717) is 24.7 Å². The average molecular weight is 471 g/mol. The Hall–Kier alpha value is -1.90. The number of rotatable bonds is 10. The SMILES string of the molecule is CCC#CCC(C)C(=O)C=C[C@H]1[C@H]2CCC(CCCC(=O)OC)=C[C@@H]2C[C@@H]1OC1CCCCO1. The summed E-state index contributed by atoms with van der Waals surface area (Å²) in [7, 11) is 1.44. The van der Waals surface area contributed by atoms with Gasteiger partial charge in [0.05, 0.1) is 13.2 Å². The van der Waals surface area contributed by atoms with Gasteiger partial charge in [0.2, 0.25) is 0 Å². The smallest absolute Gasteiger partial charge is 0.305 e. The number of hydrogen-bond acceptors (Lipinski definition) is 5. The quantitative estimate of drug-likeness (QED) is 0.175. The second-order valence-corrected chi connectivity index (χ2v) is 9.98. The van der Waals surface area contributed by atoms with Crippen molar-refractivity contribution >= 4 is 11.8 Å². The van der Waals surface area contributed by atoms with Gasteiger partial charge in [-0.15, -0.1) is 11.8 Å². The van der Waals surface area contributed by atoms with Crippen LogP contribution in [0.2, 0.25) is 0 Å². The van der Waals surface area contributed by atoms with E-state index in [0.717, 1.165) is 64.4 Å². The molecule has 1 saturated carbocycles.